The van der Waals surface area contributed by atoms with Gasteiger partial charge in [0.05, 0.1) is 0 Å². The van der Waals surface area contributed by atoms with Gasteiger partial charge >= 0.3 is 0 Å². The number of aryl methyl sites for hydroxylation is 1. The lowest BCUT2D eigenvalue weighted by Gasteiger charge is -1.97. The first-order valence-electron chi connectivity index (χ1n) is 3.57. The fourth-order valence-corrected chi connectivity index (χ4v) is 0.660. The number of nitrogens with two attached hydrogens (primary N) is 1. The fraction of sp³-hybridized carbons (Fsp3) is 0.333. The zero-order valence-corrected chi connectivity index (χ0v) is 7.66. The van der Waals surface area contributed by atoms with E-state index in [1.165, 1.54) is 0 Å². The van der Waals surface area contributed by atoms with E-state index >= 15 is 0 Å². The highest BCUT2D eigenvalue weighted by Gasteiger charge is 1.91. The van der Waals surface area contributed by atoms with Gasteiger partial charge in [-0.2, -0.15) is 0 Å². The fourth-order valence-electron chi connectivity index (χ4n) is 0.660. The van der Waals surface area contributed by atoms with Crippen LogP contribution >= 0.6 is 0 Å². The SMILES string of the molecule is COC.Cc1cc(O)ccc1N. The molecule has 3 heteroatoms. The van der Waals surface area contributed by atoms with Crippen molar-refractivity contribution < 1.29 is 9.84 Å². The molecule has 3 nitrogen and oxygen atoms in total. The van der Waals surface area contributed by atoms with Gasteiger partial charge in [-0.25, -0.2) is 0 Å². The van der Waals surface area contributed by atoms with E-state index in [0.29, 0.717) is 5.69 Å². The summed E-state index contributed by atoms with van der Waals surface area (Å²) in [5.74, 6) is 0.265. The molecule has 1 rings (SSSR count). The van der Waals surface area contributed by atoms with Crippen LogP contribution in [0.3, 0.4) is 0 Å². The summed E-state index contributed by atoms with van der Waals surface area (Å²) in [5, 5.41) is 8.88. The van der Waals surface area contributed by atoms with Gasteiger partial charge in [-0.15, -0.1) is 0 Å². The summed E-state index contributed by atoms with van der Waals surface area (Å²) >= 11 is 0. The van der Waals surface area contributed by atoms with Crippen molar-refractivity contribution in [1.82, 2.24) is 0 Å². The second-order valence-corrected chi connectivity index (χ2v) is 2.45. The van der Waals surface area contributed by atoms with Crippen molar-refractivity contribution in [3.05, 3.63) is 23.8 Å². The predicted octanol–water partition coefficient (Wildman–Crippen LogP) is 1.55. The van der Waals surface area contributed by atoms with Crippen molar-refractivity contribution in [2.75, 3.05) is 20.0 Å². The molecule has 0 aromatic heterocycles. The van der Waals surface area contributed by atoms with Crippen LogP contribution in [-0.4, -0.2) is 19.3 Å². The van der Waals surface area contributed by atoms with Crippen LogP contribution in [0.2, 0.25) is 0 Å². The molecule has 0 aliphatic carbocycles. The summed E-state index contributed by atoms with van der Waals surface area (Å²) in [5.41, 5.74) is 7.11. The van der Waals surface area contributed by atoms with E-state index in [-0.39, 0.29) is 5.75 Å². The third-order valence-electron chi connectivity index (χ3n) is 1.25. The van der Waals surface area contributed by atoms with Crippen molar-refractivity contribution >= 4 is 5.69 Å². The van der Waals surface area contributed by atoms with Crippen LogP contribution in [0.1, 0.15) is 5.56 Å². The number of hydrogen-bond donors (Lipinski definition) is 2. The molecule has 0 unspecified atom stereocenters. The van der Waals surface area contributed by atoms with Gasteiger partial charge in [-0.05, 0) is 30.7 Å². The molecular formula is C9H15NO2. The normalized spacial score (nSPS) is 8.58. The zero-order chi connectivity index (χ0) is 9.56. The third kappa shape index (κ3) is 3.83. The van der Waals surface area contributed by atoms with Gasteiger partial charge < -0.3 is 15.6 Å². The molecule has 0 heterocycles. The van der Waals surface area contributed by atoms with Crippen LogP contribution in [0.4, 0.5) is 5.69 Å². The van der Waals surface area contributed by atoms with E-state index < -0.39 is 0 Å². The maximum atomic E-state index is 8.88. The smallest absolute Gasteiger partial charge is 0.115 e. The number of nitrogen functional groups attached to an aromatic ring is 1. The molecule has 68 valence electrons. The van der Waals surface area contributed by atoms with Crippen molar-refractivity contribution in [3.8, 4) is 5.75 Å². The highest BCUT2D eigenvalue weighted by Crippen LogP contribution is 2.16. The Balaban J connectivity index is 0.000000354. The number of aromatic hydroxyl groups is 1. The summed E-state index contributed by atoms with van der Waals surface area (Å²) in [6.45, 7) is 1.86. The minimum absolute atomic E-state index is 0.265. The van der Waals surface area contributed by atoms with Gasteiger partial charge in [0.1, 0.15) is 5.75 Å². The van der Waals surface area contributed by atoms with E-state index in [9.17, 15) is 0 Å². The molecule has 0 saturated heterocycles. The van der Waals surface area contributed by atoms with Crippen LogP contribution in [0.25, 0.3) is 0 Å². The Hall–Kier alpha value is -1.22. The number of hydrogen-bond acceptors (Lipinski definition) is 3. The second kappa shape index (κ2) is 5.43. The molecule has 0 saturated carbocycles. The van der Waals surface area contributed by atoms with Gasteiger partial charge in [0.2, 0.25) is 0 Å². The van der Waals surface area contributed by atoms with E-state index in [4.69, 9.17) is 10.8 Å². The molecule has 0 amide bonds. The molecule has 1 aromatic carbocycles. The molecule has 0 radical (unpaired) electrons. The number of ether oxygens (including phenoxy) is 1. The molecule has 0 spiro atoms. The Kier molecular flexibility index (Phi) is 4.88. The summed E-state index contributed by atoms with van der Waals surface area (Å²) in [6, 6.07) is 4.89. The topological polar surface area (TPSA) is 55.5 Å². The van der Waals surface area contributed by atoms with E-state index in [2.05, 4.69) is 4.74 Å². The average molecular weight is 169 g/mol. The van der Waals surface area contributed by atoms with E-state index in [0.717, 1.165) is 5.56 Å². The van der Waals surface area contributed by atoms with Crippen LogP contribution in [-0.2, 0) is 4.74 Å². The van der Waals surface area contributed by atoms with Crippen LogP contribution < -0.4 is 5.73 Å². The van der Waals surface area contributed by atoms with Gasteiger partial charge in [-0.3, -0.25) is 0 Å². The minimum atomic E-state index is 0.265. The maximum absolute atomic E-state index is 8.88. The monoisotopic (exact) mass is 169 g/mol. The Labute approximate surface area is 72.8 Å². The molecular weight excluding hydrogens is 154 g/mol. The average Bonchev–Trinajstić information content (AvgIpc) is 1.99. The van der Waals surface area contributed by atoms with E-state index in [1.54, 1.807) is 32.4 Å². The maximum Gasteiger partial charge on any atom is 0.115 e. The van der Waals surface area contributed by atoms with E-state index in [1.807, 2.05) is 6.92 Å². The van der Waals surface area contributed by atoms with Crippen LogP contribution in [0, 0.1) is 6.92 Å². The number of benzene rings is 1. The lowest BCUT2D eigenvalue weighted by atomic mass is 10.2. The van der Waals surface area contributed by atoms with Crippen molar-refractivity contribution in [2.24, 2.45) is 0 Å². The molecule has 0 aliphatic heterocycles. The third-order valence-corrected chi connectivity index (χ3v) is 1.25. The van der Waals surface area contributed by atoms with Gasteiger partial charge in [0.15, 0.2) is 0 Å². The lowest BCUT2D eigenvalue weighted by Crippen LogP contribution is -1.86. The Morgan fingerprint density at radius 2 is 1.83 bits per heavy atom. The van der Waals surface area contributed by atoms with Crippen LogP contribution in [0.5, 0.6) is 5.75 Å². The molecule has 1 aromatic rings. The number of methoxy groups -OCH3 is 1. The van der Waals surface area contributed by atoms with Crippen molar-refractivity contribution in [2.45, 2.75) is 6.92 Å². The predicted molar refractivity (Wildman–Crippen MR) is 50.2 cm³/mol. The van der Waals surface area contributed by atoms with Gasteiger partial charge in [0.25, 0.3) is 0 Å². The quantitative estimate of drug-likeness (QED) is 0.457. The van der Waals surface area contributed by atoms with Gasteiger partial charge in [0, 0.05) is 19.9 Å². The molecule has 3 N–H and O–H groups in total. The highest BCUT2D eigenvalue weighted by molar-refractivity contribution is 5.48. The van der Waals surface area contributed by atoms with Crippen molar-refractivity contribution in [1.29, 1.82) is 0 Å². The summed E-state index contributed by atoms with van der Waals surface area (Å²) in [4.78, 5) is 0. The Bertz CT molecular complexity index is 236. The number of anilines is 1. The first kappa shape index (κ1) is 10.8. The number of phenols is 1. The zero-order valence-electron chi connectivity index (χ0n) is 7.66. The molecule has 0 bridgehead atoms. The summed E-state index contributed by atoms with van der Waals surface area (Å²) < 4.78 is 4.25. The van der Waals surface area contributed by atoms with Crippen LogP contribution in [0.15, 0.2) is 18.2 Å². The largest absolute Gasteiger partial charge is 0.508 e. The highest BCUT2D eigenvalue weighted by atomic mass is 16.4. The first-order chi connectivity index (χ1) is 5.61. The lowest BCUT2D eigenvalue weighted by molar-refractivity contribution is 0.277. The Morgan fingerprint density at radius 3 is 2.17 bits per heavy atom. The molecule has 0 aliphatic rings. The van der Waals surface area contributed by atoms with Gasteiger partial charge in [-0.1, -0.05) is 0 Å². The molecule has 0 atom stereocenters. The number of phenolic OH excluding ortho intramolecular Hbond substituents is 1. The van der Waals surface area contributed by atoms with Crippen molar-refractivity contribution in [3.63, 3.8) is 0 Å². The molecule has 12 heavy (non-hydrogen) atoms. The molecule has 0 fully saturated rings. The summed E-state index contributed by atoms with van der Waals surface area (Å²) in [6.07, 6.45) is 0. The minimum Gasteiger partial charge on any atom is -0.508 e. The standard InChI is InChI=1S/C7H9NO.C2H6O/c1-5-4-6(9)2-3-7(5)8;1-3-2/h2-4,9H,8H2,1H3;1-2H3. The Morgan fingerprint density at radius 1 is 1.33 bits per heavy atom. The summed E-state index contributed by atoms with van der Waals surface area (Å²) in [7, 11) is 3.25. The first-order valence-corrected chi connectivity index (χ1v) is 3.57. The second-order valence-electron chi connectivity index (χ2n) is 2.45. The number of rotatable bonds is 0.